The molecule has 5 heavy (non-hydrogen) atoms. The van der Waals surface area contributed by atoms with E-state index in [1.54, 1.807) is 0 Å². The molecule has 0 aromatic rings. The van der Waals surface area contributed by atoms with Crippen LogP contribution < -0.4 is 0 Å². The maximum atomic E-state index is 5.01. The summed E-state index contributed by atoms with van der Waals surface area (Å²) in [6.07, 6.45) is 0. The summed E-state index contributed by atoms with van der Waals surface area (Å²) in [7, 11) is 0. The second-order valence-electron chi connectivity index (χ2n) is 0.446. The third-order valence-corrected chi connectivity index (χ3v) is 0. The molecule has 0 N–H and O–H groups in total. The van der Waals surface area contributed by atoms with Crippen LogP contribution in [0, 0.1) is 0 Å². The van der Waals surface area contributed by atoms with Crippen LogP contribution >= 0.6 is 34.8 Å². The molecule has 0 spiro atoms. The first-order valence-electron chi connectivity index (χ1n) is 0.771. The summed E-state index contributed by atoms with van der Waals surface area (Å²) in [5.41, 5.74) is 0. The molecular weight excluding hydrogens is 197 g/mol. The third kappa shape index (κ3) is 32.1. The summed E-state index contributed by atoms with van der Waals surface area (Å²) in [5, 5.41) is 0. The van der Waals surface area contributed by atoms with Gasteiger partial charge in [-0.05, 0) is 0 Å². The van der Waals surface area contributed by atoms with E-state index in [4.69, 9.17) is 34.8 Å². The van der Waals surface area contributed by atoms with Gasteiger partial charge < -0.3 is 0 Å². The minimum absolute atomic E-state index is 1.21. The maximum absolute atomic E-state index is 5.01. The second kappa shape index (κ2) is 1.90. The van der Waals surface area contributed by atoms with Gasteiger partial charge in [0, 0.05) is 0 Å². The van der Waals surface area contributed by atoms with Crippen molar-refractivity contribution in [3.8, 4) is 0 Å². The first-order valence-corrected chi connectivity index (χ1v) is 2.76. The van der Waals surface area contributed by atoms with Crippen molar-refractivity contribution in [2.45, 2.75) is 2.69 Å². The van der Waals surface area contributed by atoms with E-state index in [0.717, 1.165) is 0 Å². The predicted molar refractivity (Wildman–Crippen MR) is 26.0 cm³/mol. The molecule has 0 saturated heterocycles. The molecule has 0 aliphatic carbocycles. The quantitative estimate of drug-likeness (QED) is 0.408. The minimum atomic E-state index is -1.21. The standard InChI is InChI=1S/CCl3Se/c2-1(3,4)5. The van der Waals surface area contributed by atoms with Crippen molar-refractivity contribution < 1.29 is 0 Å². The molecule has 0 atom stereocenters. The normalized spacial score (nSPS) is 12.0. The van der Waals surface area contributed by atoms with Gasteiger partial charge in [-0.1, -0.05) is 0 Å². The van der Waals surface area contributed by atoms with Crippen LogP contribution in [0.15, 0.2) is 0 Å². The molecule has 0 rings (SSSR count). The topological polar surface area (TPSA) is 0 Å². The van der Waals surface area contributed by atoms with Gasteiger partial charge in [-0.25, -0.2) is 0 Å². The molecule has 0 heterocycles. The molecular formula is CCl3Se. The van der Waals surface area contributed by atoms with Gasteiger partial charge in [-0.15, -0.1) is 0 Å². The van der Waals surface area contributed by atoms with Crippen LogP contribution in [0.25, 0.3) is 0 Å². The number of halogens is 3. The van der Waals surface area contributed by atoms with Gasteiger partial charge in [0.15, 0.2) is 0 Å². The Morgan fingerprint density at radius 2 is 1.20 bits per heavy atom. The SMILES string of the molecule is ClC(Cl)(Cl)[Se]. The number of rotatable bonds is 0. The summed E-state index contributed by atoms with van der Waals surface area (Å²) in [5.74, 6) is 0. The van der Waals surface area contributed by atoms with Crippen LogP contribution in [-0.2, 0) is 0 Å². The van der Waals surface area contributed by atoms with Crippen molar-refractivity contribution >= 4 is 50.8 Å². The Morgan fingerprint density at radius 1 is 1.20 bits per heavy atom. The fourth-order valence-corrected chi connectivity index (χ4v) is 0. The van der Waals surface area contributed by atoms with Gasteiger partial charge in [0.2, 0.25) is 0 Å². The molecule has 1 radical (unpaired) electrons. The average molecular weight is 197 g/mol. The first-order chi connectivity index (χ1) is 2.00. The van der Waals surface area contributed by atoms with Gasteiger partial charge in [-0.3, -0.25) is 0 Å². The Kier molecular flexibility index (Phi) is 2.43. The van der Waals surface area contributed by atoms with Crippen molar-refractivity contribution in [1.29, 1.82) is 0 Å². The molecule has 0 aromatic carbocycles. The van der Waals surface area contributed by atoms with Gasteiger partial charge in [-0.2, -0.15) is 0 Å². The molecule has 0 unspecified atom stereocenters. The fraction of sp³-hybridized carbons (Fsp3) is 1.00. The molecule has 0 aliphatic rings. The Balaban J connectivity index is 3.02. The molecule has 0 bridgehead atoms. The van der Waals surface area contributed by atoms with Crippen LogP contribution in [0.3, 0.4) is 0 Å². The van der Waals surface area contributed by atoms with Gasteiger partial charge in [0.25, 0.3) is 0 Å². The van der Waals surface area contributed by atoms with E-state index in [9.17, 15) is 0 Å². The third-order valence-electron chi connectivity index (χ3n) is 0. The van der Waals surface area contributed by atoms with Crippen molar-refractivity contribution in [2.24, 2.45) is 0 Å². The van der Waals surface area contributed by atoms with E-state index >= 15 is 0 Å². The van der Waals surface area contributed by atoms with Crippen molar-refractivity contribution in [1.82, 2.24) is 0 Å². The van der Waals surface area contributed by atoms with E-state index in [2.05, 4.69) is 16.0 Å². The van der Waals surface area contributed by atoms with Gasteiger partial charge in [0.1, 0.15) is 0 Å². The van der Waals surface area contributed by atoms with E-state index < -0.39 is 2.69 Å². The number of alkyl halides is 3. The first kappa shape index (κ1) is 6.39. The molecule has 0 fully saturated rings. The Labute approximate surface area is 53.6 Å². The van der Waals surface area contributed by atoms with E-state index in [1.807, 2.05) is 0 Å². The number of hydrogen-bond donors (Lipinski definition) is 0. The van der Waals surface area contributed by atoms with Gasteiger partial charge in [0.05, 0.1) is 0 Å². The monoisotopic (exact) mass is 197 g/mol. The van der Waals surface area contributed by atoms with Crippen molar-refractivity contribution in [3.05, 3.63) is 0 Å². The van der Waals surface area contributed by atoms with Gasteiger partial charge >= 0.3 is 53.5 Å². The summed E-state index contributed by atoms with van der Waals surface area (Å²) in [6.45, 7) is 0. The summed E-state index contributed by atoms with van der Waals surface area (Å²) >= 11 is 17.3. The molecule has 0 amide bonds. The van der Waals surface area contributed by atoms with Crippen LogP contribution in [-0.4, -0.2) is 18.7 Å². The zero-order chi connectivity index (χ0) is 4.50. The fourth-order valence-electron chi connectivity index (χ4n) is 0. The second-order valence-corrected chi connectivity index (χ2v) is 5.54. The Bertz CT molecular complexity index is 22.4. The molecule has 0 aromatic heterocycles. The number of hydrogen-bond acceptors (Lipinski definition) is 0. The van der Waals surface area contributed by atoms with Crippen LogP contribution in [0.5, 0.6) is 0 Å². The molecule has 4 heteroatoms. The Morgan fingerprint density at radius 3 is 1.20 bits per heavy atom. The van der Waals surface area contributed by atoms with Crippen molar-refractivity contribution in [2.75, 3.05) is 0 Å². The predicted octanol–water partition coefficient (Wildman–Crippen LogP) is 1.48. The zero-order valence-corrected chi connectivity index (χ0v) is 6.02. The van der Waals surface area contributed by atoms with Crippen LogP contribution in [0.2, 0.25) is 0 Å². The zero-order valence-electron chi connectivity index (χ0n) is 2.04. The summed E-state index contributed by atoms with van der Waals surface area (Å²) in [6, 6.07) is 0. The van der Waals surface area contributed by atoms with E-state index in [-0.39, 0.29) is 0 Å². The molecule has 0 aliphatic heterocycles. The van der Waals surface area contributed by atoms with Crippen molar-refractivity contribution in [3.63, 3.8) is 0 Å². The van der Waals surface area contributed by atoms with E-state index in [0.29, 0.717) is 0 Å². The summed E-state index contributed by atoms with van der Waals surface area (Å²) < 4.78 is -1.21. The molecule has 0 saturated carbocycles. The average Bonchev–Trinajstić information content (AvgIpc) is 0.722. The molecule has 31 valence electrons. The van der Waals surface area contributed by atoms with Crippen LogP contribution in [0.1, 0.15) is 0 Å². The van der Waals surface area contributed by atoms with E-state index in [1.165, 1.54) is 0 Å². The Hall–Kier alpha value is 1.39. The molecule has 0 nitrogen and oxygen atoms in total. The summed E-state index contributed by atoms with van der Waals surface area (Å²) in [4.78, 5) is 0. The van der Waals surface area contributed by atoms with Crippen LogP contribution in [0.4, 0.5) is 0 Å².